The average molecular weight is 259 g/mol. The summed E-state index contributed by atoms with van der Waals surface area (Å²) in [5.74, 6) is 0.633. The molecule has 1 unspecified atom stereocenters. The topological polar surface area (TPSA) is 76.7 Å². The molecule has 6 heteroatoms. The van der Waals surface area contributed by atoms with Gasteiger partial charge in [0, 0.05) is 18.6 Å². The average Bonchev–Trinajstić information content (AvgIpc) is 2.40. The second kappa shape index (κ2) is 5.50. The molecule has 0 aliphatic rings. The molecular weight excluding hydrogens is 246 g/mol. The molecule has 1 atom stereocenters. The molecule has 18 heavy (non-hydrogen) atoms. The van der Waals surface area contributed by atoms with E-state index >= 15 is 0 Å². The van der Waals surface area contributed by atoms with Gasteiger partial charge in [-0.1, -0.05) is 18.3 Å². The first kappa shape index (κ1) is 12.4. The molecule has 2 aromatic heterocycles. The van der Waals surface area contributed by atoms with E-state index in [9.17, 15) is 0 Å². The molecule has 0 amide bonds. The van der Waals surface area contributed by atoms with Crippen molar-refractivity contribution in [2.24, 2.45) is 5.73 Å². The number of nitrogens with one attached hydrogen (secondary N) is 1. The van der Waals surface area contributed by atoms with Crippen LogP contribution < -0.4 is 11.1 Å². The van der Waals surface area contributed by atoms with Crippen LogP contribution in [0.4, 0.5) is 5.82 Å². The number of aromatic nitrogens is 3. The summed E-state index contributed by atoms with van der Waals surface area (Å²) in [7, 11) is 0. The van der Waals surface area contributed by atoms with Crippen LogP contribution in [0.2, 0.25) is 0 Å². The largest absolute Gasteiger partial charge is 0.389 e. The molecule has 0 spiro atoms. The predicted molar refractivity (Wildman–Crippen MR) is 74.2 cm³/mol. The lowest BCUT2D eigenvalue weighted by molar-refractivity contribution is 0.863. The smallest absolute Gasteiger partial charge is 0.140 e. The Hall–Kier alpha value is -2.08. The van der Waals surface area contributed by atoms with E-state index in [0.29, 0.717) is 11.4 Å². The van der Waals surface area contributed by atoms with Gasteiger partial charge in [0.25, 0.3) is 0 Å². The van der Waals surface area contributed by atoms with Crippen LogP contribution in [0.3, 0.4) is 0 Å². The lowest BCUT2D eigenvalue weighted by Crippen LogP contribution is -2.16. The molecule has 2 heterocycles. The molecule has 3 N–H and O–H groups in total. The number of pyridine rings is 1. The minimum Gasteiger partial charge on any atom is -0.389 e. The van der Waals surface area contributed by atoms with Crippen LogP contribution in [-0.4, -0.2) is 19.9 Å². The van der Waals surface area contributed by atoms with Crippen molar-refractivity contribution in [1.29, 1.82) is 0 Å². The second-order valence-electron chi connectivity index (χ2n) is 3.80. The number of hydrogen-bond donors (Lipinski definition) is 2. The Morgan fingerprint density at radius 3 is 2.89 bits per heavy atom. The summed E-state index contributed by atoms with van der Waals surface area (Å²) in [6, 6.07) is 3.94. The van der Waals surface area contributed by atoms with Crippen LogP contribution in [0, 0.1) is 0 Å². The van der Waals surface area contributed by atoms with E-state index in [0.717, 1.165) is 5.56 Å². The van der Waals surface area contributed by atoms with Crippen LogP contribution >= 0.6 is 12.2 Å². The number of anilines is 1. The van der Waals surface area contributed by atoms with Crippen molar-refractivity contribution in [1.82, 2.24) is 15.0 Å². The van der Waals surface area contributed by atoms with Gasteiger partial charge in [-0.2, -0.15) is 0 Å². The molecule has 0 bridgehead atoms. The Kier molecular flexibility index (Phi) is 3.78. The third-order valence-corrected chi connectivity index (χ3v) is 2.74. The first-order chi connectivity index (χ1) is 8.68. The van der Waals surface area contributed by atoms with Crippen molar-refractivity contribution < 1.29 is 0 Å². The molecular formula is C12H13N5S. The summed E-state index contributed by atoms with van der Waals surface area (Å²) in [4.78, 5) is 12.4. The molecule has 0 aliphatic carbocycles. The van der Waals surface area contributed by atoms with E-state index in [2.05, 4.69) is 20.3 Å². The zero-order valence-corrected chi connectivity index (χ0v) is 10.7. The standard InChI is InChI=1S/C12H13N5S/c1-8(9-3-2-4-14-5-9)17-12-10(11(13)18)6-15-7-16-12/h2-8H,1H3,(H2,13,18)(H,15,16,17). The highest BCUT2D eigenvalue weighted by molar-refractivity contribution is 7.80. The highest BCUT2D eigenvalue weighted by atomic mass is 32.1. The molecule has 0 aliphatic heterocycles. The highest BCUT2D eigenvalue weighted by Gasteiger charge is 2.11. The van der Waals surface area contributed by atoms with Gasteiger partial charge in [-0.15, -0.1) is 0 Å². The number of thiocarbonyl (C=S) groups is 1. The van der Waals surface area contributed by atoms with Crippen LogP contribution in [-0.2, 0) is 0 Å². The van der Waals surface area contributed by atoms with E-state index in [1.165, 1.54) is 6.33 Å². The number of nitrogens with two attached hydrogens (primary N) is 1. The number of nitrogens with zero attached hydrogens (tertiary/aromatic N) is 3. The fraction of sp³-hybridized carbons (Fsp3) is 0.167. The normalized spacial score (nSPS) is 11.8. The predicted octanol–water partition coefficient (Wildman–Crippen LogP) is 1.68. The first-order valence-electron chi connectivity index (χ1n) is 5.44. The molecule has 0 aromatic carbocycles. The fourth-order valence-corrected chi connectivity index (χ4v) is 1.69. The zero-order valence-electron chi connectivity index (χ0n) is 9.87. The second-order valence-corrected chi connectivity index (χ2v) is 4.24. The van der Waals surface area contributed by atoms with Crippen molar-refractivity contribution in [2.75, 3.05) is 5.32 Å². The first-order valence-corrected chi connectivity index (χ1v) is 5.85. The van der Waals surface area contributed by atoms with Gasteiger partial charge in [0.2, 0.25) is 0 Å². The Balaban J connectivity index is 2.22. The number of rotatable bonds is 4. The summed E-state index contributed by atoms with van der Waals surface area (Å²) in [5, 5.41) is 3.25. The molecule has 2 aromatic rings. The summed E-state index contributed by atoms with van der Waals surface area (Å²) in [6.45, 7) is 2.02. The van der Waals surface area contributed by atoms with Gasteiger partial charge in [-0.3, -0.25) is 4.98 Å². The van der Waals surface area contributed by atoms with Crippen LogP contribution in [0.25, 0.3) is 0 Å². The van der Waals surface area contributed by atoms with E-state index < -0.39 is 0 Å². The maximum absolute atomic E-state index is 5.63. The van der Waals surface area contributed by atoms with E-state index in [4.69, 9.17) is 18.0 Å². The molecule has 0 fully saturated rings. The van der Waals surface area contributed by atoms with Gasteiger partial charge in [-0.05, 0) is 18.6 Å². The van der Waals surface area contributed by atoms with Crippen LogP contribution in [0.1, 0.15) is 24.1 Å². The third-order valence-electron chi connectivity index (χ3n) is 2.52. The summed E-state index contributed by atoms with van der Waals surface area (Å²) >= 11 is 4.96. The lowest BCUT2D eigenvalue weighted by Gasteiger charge is -2.16. The van der Waals surface area contributed by atoms with E-state index in [1.807, 2.05) is 19.1 Å². The minimum absolute atomic E-state index is 0.0571. The molecule has 92 valence electrons. The van der Waals surface area contributed by atoms with Gasteiger partial charge in [0.15, 0.2) is 0 Å². The van der Waals surface area contributed by atoms with Gasteiger partial charge in [0.05, 0.1) is 11.6 Å². The summed E-state index contributed by atoms with van der Waals surface area (Å²) in [6.07, 6.45) is 6.61. The third kappa shape index (κ3) is 2.78. The highest BCUT2D eigenvalue weighted by Crippen LogP contribution is 2.19. The zero-order chi connectivity index (χ0) is 13.0. The number of hydrogen-bond acceptors (Lipinski definition) is 5. The van der Waals surface area contributed by atoms with Gasteiger partial charge in [0.1, 0.15) is 17.1 Å². The van der Waals surface area contributed by atoms with Crippen molar-refractivity contribution in [3.63, 3.8) is 0 Å². The van der Waals surface area contributed by atoms with E-state index in [-0.39, 0.29) is 11.0 Å². The van der Waals surface area contributed by atoms with Crippen LogP contribution in [0.5, 0.6) is 0 Å². The monoisotopic (exact) mass is 259 g/mol. The summed E-state index contributed by atoms with van der Waals surface area (Å²) in [5.41, 5.74) is 7.33. The van der Waals surface area contributed by atoms with Gasteiger partial charge in [-0.25, -0.2) is 9.97 Å². The SMILES string of the molecule is CC(Nc1ncncc1C(N)=S)c1cccnc1. The Bertz CT molecular complexity index is 543. The molecule has 0 saturated heterocycles. The molecule has 0 radical (unpaired) electrons. The molecule has 2 rings (SSSR count). The van der Waals surface area contributed by atoms with Gasteiger partial charge < -0.3 is 11.1 Å². The Morgan fingerprint density at radius 1 is 1.39 bits per heavy atom. The fourth-order valence-electron chi connectivity index (χ4n) is 1.55. The maximum Gasteiger partial charge on any atom is 0.140 e. The van der Waals surface area contributed by atoms with Crippen molar-refractivity contribution in [3.05, 3.63) is 48.2 Å². The Labute approximate surface area is 110 Å². The Morgan fingerprint density at radius 2 is 2.22 bits per heavy atom. The van der Waals surface area contributed by atoms with Crippen molar-refractivity contribution in [3.8, 4) is 0 Å². The van der Waals surface area contributed by atoms with Crippen molar-refractivity contribution in [2.45, 2.75) is 13.0 Å². The van der Waals surface area contributed by atoms with Crippen molar-refractivity contribution >= 4 is 23.0 Å². The molecule has 0 saturated carbocycles. The minimum atomic E-state index is 0.0571. The lowest BCUT2D eigenvalue weighted by atomic mass is 10.1. The maximum atomic E-state index is 5.63. The van der Waals surface area contributed by atoms with E-state index in [1.54, 1.807) is 18.6 Å². The summed E-state index contributed by atoms with van der Waals surface area (Å²) < 4.78 is 0. The van der Waals surface area contributed by atoms with Crippen LogP contribution in [0.15, 0.2) is 37.1 Å². The molecule has 5 nitrogen and oxygen atoms in total. The quantitative estimate of drug-likeness (QED) is 0.813. The van der Waals surface area contributed by atoms with Gasteiger partial charge >= 0.3 is 0 Å².